The average molecular weight is 438 g/mol. The number of nitrogens with zero attached hydrogens (tertiary/aromatic N) is 4. The van der Waals surface area contributed by atoms with Crippen LogP contribution in [-0.4, -0.2) is 63.2 Å². The minimum atomic E-state index is 0. The molecule has 5 heteroatoms. The molecule has 2 saturated heterocycles. The quantitative estimate of drug-likeness (QED) is 0.722. The van der Waals surface area contributed by atoms with Crippen LogP contribution in [0.2, 0.25) is 0 Å². The molecule has 0 bridgehead atoms. The molecule has 1 N–H and O–H groups in total. The lowest BCUT2D eigenvalue weighted by Crippen LogP contribution is -2.43. The van der Waals surface area contributed by atoms with Crippen LogP contribution in [0.4, 0.5) is 11.5 Å². The van der Waals surface area contributed by atoms with Gasteiger partial charge < -0.3 is 20.0 Å². The van der Waals surface area contributed by atoms with Gasteiger partial charge in [0.1, 0.15) is 5.82 Å². The maximum Gasteiger partial charge on any atom is 0.137 e. The molecule has 2 fully saturated rings. The van der Waals surface area contributed by atoms with E-state index in [2.05, 4.69) is 73.6 Å². The van der Waals surface area contributed by atoms with E-state index < -0.39 is 0 Å². The first kappa shape index (κ1) is 22.9. The van der Waals surface area contributed by atoms with Gasteiger partial charge in [-0.05, 0) is 62.7 Å². The number of piperidine rings is 1. The van der Waals surface area contributed by atoms with Gasteiger partial charge in [-0.15, -0.1) is 0 Å². The van der Waals surface area contributed by atoms with Crippen LogP contribution in [0, 0.1) is 18.8 Å². The summed E-state index contributed by atoms with van der Waals surface area (Å²) in [5, 5.41) is 3.48. The van der Waals surface area contributed by atoms with E-state index in [1.165, 1.54) is 30.5 Å². The first-order chi connectivity index (χ1) is 15.4. The average Bonchev–Trinajstić information content (AvgIpc) is 2.79. The highest BCUT2D eigenvalue weighted by molar-refractivity contribution is 5.76. The summed E-state index contributed by atoms with van der Waals surface area (Å²) in [5.41, 5.74) is 8.31. The molecule has 5 nitrogen and oxygen atoms in total. The van der Waals surface area contributed by atoms with E-state index in [1.54, 1.807) is 11.3 Å². The molecule has 1 aliphatic carbocycles. The Hall–Kier alpha value is -2.27. The van der Waals surface area contributed by atoms with Crippen molar-refractivity contribution in [3.63, 3.8) is 0 Å². The molecule has 4 rings (SSSR count). The van der Waals surface area contributed by atoms with Crippen molar-refractivity contribution >= 4 is 17.6 Å². The first-order valence-corrected chi connectivity index (χ1v) is 12.3. The number of hydrogen-bond donors (Lipinski definition) is 1. The first-order valence-electron chi connectivity index (χ1n) is 12.3. The zero-order chi connectivity index (χ0) is 22.8. The van der Waals surface area contributed by atoms with Gasteiger partial charge in [-0.1, -0.05) is 25.2 Å². The van der Waals surface area contributed by atoms with Gasteiger partial charge in [-0.3, -0.25) is 0 Å². The lowest BCUT2D eigenvalue weighted by molar-refractivity contribution is 0.277. The standard InChI is InChI=1S/C27H41N5.H2/c1-7-24-25(18-21(4)29-27(24)30(5)6)32-12-8-22(9-13-32)26-19(2)16-23(17-20(26)3)31-14-10-28-11-15-31;/h7,16,18,20,22,28H,1,8-15,17H2,2-6H3;1H. The zero-order valence-electron chi connectivity index (χ0n) is 20.7. The fourth-order valence-corrected chi connectivity index (χ4v) is 5.98. The van der Waals surface area contributed by atoms with Crippen LogP contribution in [0.25, 0.3) is 6.08 Å². The lowest BCUT2D eigenvalue weighted by Gasteiger charge is -2.41. The van der Waals surface area contributed by atoms with Gasteiger partial charge in [0.05, 0.1) is 0 Å². The number of hydrogen-bond acceptors (Lipinski definition) is 5. The summed E-state index contributed by atoms with van der Waals surface area (Å²) in [4.78, 5) is 12.0. The SMILES string of the molecule is C=Cc1c(N2CCC(C3=C(C)C=C(N4CCNCC4)CC3C)CC2)cc(C)nc1N(C)C.[HH]. The fourth-order valence-electron chi connectivity index (χ4n) is 5.98. The Kier molecular flexibility index (Phi) is 6.94. The summed E-state index contributed by atoms with van der Waals surface area (Å²) < 4.78 is 0. The van der Waals surface area contributed by atoms with Crippen LogP contribution >= 0.6 is 0 Å². The molecule has 0 radical (unpaired) electrons. The van der Waals surface area contributed by atoms with Crippen molar-refractivity contribution in [3.8, 4) is 0 Å². The van der Waals surface area contributed by atoms with Gasteiger partial charge in [0, 0.05) is 77.4 Å². The molecule has 0 saturated carbocycles. The number of piperazine rings is 1. The lowest BCUT2D eigenvalue weighted by atomic mass is 9.75. The van der Waals surface area contributed by atoms with Crippen LogP contribution in [-0.2, 0) is 0 Å². The predicted molar refractivity (Wildman–Crippen MR) is 139 cm³/mol. The van der Waals surface area contributed by atoms with E-state index in [-0.39, 0.29) is 1.43 Å². The van der Waals surface area contributed by atoms with E-state index in [9.17, 15) is 0 Å². The topological polar surface area (TPSA) is 34.6 Å². The van der Waals surface area contributed by atoms with Crippen molar-refractivity contribution < 1.29 is 1.43 Å². The summed E-state index contributed by atoms with van der Waals surface area (Å²) >= 11 is 0. The van der Waals surface area contributed by atoms with Crippen LogP contribution < -0.4 is 15.1 Å². The Morgan fingerprint density at radius 2 is 1.81 bits per heavy atom. The third-order valence-corrected chi connectivity index (χ3v) is 7.46. The van der Waals surface area contributed by atoms with Crippen molar-refractivity contribution in [3.05, 3.63) is 46.8 Å². The second-order valence-electron chi connectivity index (χ2n) is 10.00. The van der Waals surface area contributed by atoms with E-state index in [0.29, 0.717) is 11.8 Å². The molecule has 0 spiro atoms. The van der Waals surface area contributed by atoms with Crippen LogP contribution in [0.5, 0.6) is 0 Å². The van der Waals surface area contributed by atoms with Crippen molar-refractivity contribution in [1.29, 1.82) is 0 Å². The Balaban J connectivity index is 0.00000306. The van der Waals surface area contributed by atoms with Crippen LogP contribution in [0.1, 0.15) is 45.8 Å². The number of rotatable bonds is 5. The van der Waals surface area contributed by atoms with Crippen molar-refractivity contribution in [2.75, 3.05) is 63.2 Å². The zero-order valence-corrected chi connectivity index (χ0v) is 20.7. The van der Waals surface area contributed by atoms with Gasteiger partial charge in [-0.25, -0.2) is 4.98 Å². The molecule has 1 unspecified atom stereocenters. The van der Waals surface area contributed by atoms with Crippen LogP contribution in [0.3, 0.4) is 0 Å². The normalized spacial score (nSPS) is 22.8. The van der Waals surface area contributed by atoms with E-state index >= 15 is 0 Å². The van der Waals surface area contributed by atoms with E-state index in [1.807, 2.05) is 6.08 Å². The van der Waals surface area contributed by atoms with Gasteiger partial charge in [0.15, 0.2) is 0 Å². The summed E-state index contributed by atoms with van der Waals surface area (Å²) in [6.45, 7) is 17.7. The molecule has 1 aromatic heterocycles. The molecule has 2 aliphatic heterocycles. The molecule has 32 heavy (non-hydrogen) atoms. The van der Waals surface area contributed by atoms with Gasteiger partial charge in [-0.2, -0.15) is 0 Å². The monoisotopic (exact) mass is 437 g/mol. The van der Waals surface area contributed by atoms with Crippen molar-refractivity contribution in [1.82, 2.24) is 15.2 Å². The van der Waals surface area contributed by atoms with Gasteiger partial charge in [0.2, 0.25) is 0 Å². The molecular formula is C27H43N5. The molecule has 3 heterocycles. The van der Waals surface area contributed by atoms with E-state index in [0.717, 1.165) is 56.3 Å². The Bertz CT molecular complexity index is 905. The van der Waals surface area contributed by atoms with Gasteiger partial charge in [0.25, 0.3) is 0 Å². The predicted octanol–water partition coefficient (Wildman–Crippen LogP) is 4.71. The summed E-state index contributed by atoms with van der Waals surface area (Å²) in [5.74, 6) is 2.36. The number of allylic oxidation sites excluding steroid dienone is 4. The second-order valence-corrected chi connectivity index (χ2v) is 10.00. The maximum atomic E-state index is 4.76. The van der Waals surface area contributed by atoms with Crippen LogP contribution in [0.15, 0.2) is 35.6 Å². The number of pyridine rings is 1. The van der Waals surface area contributed by atoms with Gasteiger partial charge >= 0.3 is 0 Å². The number of nitrogens with one attached hydrogen (secondary N) is 1. The summed E-state index contributed by atoms with van der Waals surface area (Å²) in [6, 6.07) is 2.24. The molecule has 176 valence electrons. The number of aryl methyl sites for hydroxylation is 1. The van der Waals surface area contributed by atoms with Crippen molar-refractivity contribution in [2.24, 2.45) is 11.8 Å². The largest absolute Gasteiger partial charge is 0.372 e. The fraction of sp³-hybridized carbons (Fsp3) is 0.593. The van der Waals surface area contributed by atoms with Crippen molar-refractivity contribution in [2.45, 2.75) is 40.0 Å². The van der Waals surface area contributed by atoms with E-state index in [4.69, 9.17) is 4.98 Å². The maximum absolute atomic E-state index is 4.76. The molecule has 0 amide bonds. The molecule has 0 aromatic carbocycles. The third-order valence-electron chi connectivity index (χ3n) is 7.46. The Labute approximate surface area is 196 Å². The summed E-state index contributed by atoms with van der Waals surface area (Å²) in [6.07, 6.45) is 8.12. The molecule has 1 atom stereocenters. The number of aromatic nitrogens is 1. The molecule has 1 aromatic rings. The smallest absolute Gasteiger partial charge is 0.137 e. The molecule has 3 aliphatic rings. The molecular weight excluding hydrogens is 394 g/mol. The minimum Gasteiger partial charge on any atom is -0.372 e. The number of anilines is 2. The highest BCUT2D eigenvalue weighted by Crippen LogP contribution is 2.41. The highest BCUT2D eigenvalue weighted by Gasteiger charge is 2.31. The minimum absolute atomic E-state index is 0. The Morgan fingerprint density at radius 3 is 2.41 bits per heavy atom. The highest BCUT2D eigenvalue weighted by atomic mass is 15.2. The second kappa shape index (κ2) is 9.70. The Morgan fingerprint density at radius 1 is 1.12 bits per heavy atom. The summed E-state index contributed by atoms with van der Waals surface area (Å²) in [7, 11) is 4.12. The third kappa shape index (κ3) is 4.59.